The Hall–Kier alpha value is 0.300. The molecule has 0 spiro atoms. The van der Waals surface area contributed by atoms with Crippen molar-refractivity contribution in [1.29, 1.82) is 0 Å². The third kappa shape index (κ3) is 3.35. The fourth-order valence-corrected chi connectivity index (χ4v) is 2.72. The molecule has 1 atom stereocenters. The number of rotatable bonds is 4. The van der Waals surface area contributed by atoms with Gasteiger partial charge in [-0.3, -0.25) is 0 Å². The molecule has 1 rings (SSSR count). The molecule has 4 heteroatoms. The molecule has 1 heterocycles. The second-order valence-electron chi connectivity index (χ2n) is 2.63. The molecular formula is C8H12ClNS2. The molecular weight excluding hydrogens is 210 g/mol. The van der Waals surface area contributed by atoms with Crippen molar-refractivity contribution in [3.63, 3.8) is 0 Å². The van der Waals surface area contributed by atoms with E-state index in [2.05, 4.69) is 6.26 Å². The quantitative estimate of drug-likeness (QED) is 0.846. The molecule has 1 aromatic heterocycles. The molecule has 0 aliphatic heterocycles. The summed E-state index contributed by atoms with van der Waals surface area (Å²) in [6, 6.07) is 4.23. The van der Waals surface area contributed by atoms with Crippen LogP contribution >= 0.6 is 34.7 Å². The van der Waals surface area contributed by atoms with Gasteiger partial charge in [-0.2, -0.15) is 11.8 Å². The molecule has 0 amide bonds. The van der Waals surface area contributed by atoms with Gasteiger partial charge in [0.2, 0.25) is 0 Å². The first-order valence-electron chi connectivity index (χ1n) is 3.71. The normalized spacial score (nSPS) is 13.2. The zero-order valence-electron chi connectivity index (χ0n) is 6.92. The number of nitrogens with two attached hydrogens (primary N) is 1. The van der Waals surface area contributed by atoms with Crippen LogP contribution in [-0.2, 0) is 6.42 Å². The van der Waals surface area contributed by atoms with E-state index < -0.39 is 0 Å². The minimum atomic E-state index is 0.259. The summed E-state index contributed by atoms with van der Waals surface area (Å²) in [4.78, 5) is 1.28. The number of hydrogen-bond donors (Lipinski definition) is 1. The zero-order valence-corrected chi connectivity index (χ0v) is 9.31. The van der Waals surface area contributed by atoms with Crippen molar-refractivity contribution >= 4 is 34.7 Å². The molecule has 0 fully saturated rings. The van der Waals surface area contributed by atoms with Crippen LogP contribution in [0.4, 0.5) is 0 Å². The first-order valence-corrected chi connectivity index (χ1v) is 6.30. The Morgan fingerprint density at radius 3 is 2.92 bits per heavy atom. The highest BCUT2D eigenvalue weighted by molar-refractivity contribution is 7.98. The summed E-state index contributed by atoms with van der Waals surface area (Å²) in [6.07, 6.45) is 3.01. The molecule has 2 N–H and O–H groups in total. The van der Waals surface area contributed by atoms with E-state index in [0.29, 0.717) is 0 Å². The van der Waals surface area contributed by atoms with E-state index >= 15 is 0 Å². The topological polar surface area (TPSA) is 26.0 Å². The van der Waals surface area contributed by atoms with Crippen LogP contribution in [0.3, 0.4) is 0 Å². The third-order valence-corrected chi connectivity index (χ3v) is 3.49. The van der Waals surface area contributed by atoms with E-state index in [4.69, 9.17) is 17.3 Å². The van der Waals surface area contributed by atoms with Gasteiger partial charge in [0.1, 0.15) is 0 Å². The van der Waals surface area contributed by atoms with Gasteiger partial charge in [-0.25, -0.2) is 0 Å². The van der Waals surface area contributed by atoms with Crippen LogP contribution in [0.5, 0.6) is 0 Å². The van der Waals surface area contributed by atoms with Crippen LogP contribution in [0.1, 0.15) is 4.88 Å². The summed E-state index contributed by atoms with van der Waals surface area (Å²) in [6.45, 7) is 0. The zero-order chi connectivity index (χ0) is 8.97. The number of thioether (sulfide) groups is 1. The second kappa shape index (κ2) is 5.12. The van der Waals surface area contributed by atoms with E-state index in [1.165, 1.54) is 4.88 Å². The lowest BCUT2D eigenvalue weighted by atomic mass is 10.2. The van der Waals surface area contributed by atoms with Crippen molar-refractivity contribution < 1.29 is 0 Å². The van der Waals surface area contributed by atoms with Crippen molar-refractivity contribution in [2.75, 3.05) is 12.0 Å². The first-order chi connectivity index (χ1) is 5.72. The van der Waals surface area contributed by atoms with Gasteiger partial charge in [-0.05, 0) is 24.8 Å². The molecule has 0 aliphatic rings. The highest BCUT2D eigenvalue weighted by Crippen LogP contribution is 2.22. The average Bonchev–Trinajstić information content (AvgIpc) is 2.36. The van der Waals surface area contributed by atoms with Crippen LogP contribution in [-0.4, -0.2) is 18.1 Å². The van der Waals surface area contributed by atoms with E-state index in [-0.39, 0.29) is 6.04 Å². The molecule has 1 aromatic rings. The van der Waals surface area contributed by atoms with E-state index in [1.54, 1.807) is 23.1 Å². The summed E-state index contributed by atoms with van der Waals surface area (Å²) >= 11 is 9.19. The predicted molar refractivity (Wildman–Crippen MR) is 59.4 cm³/mol. The van der Waals surface area contributed by atoms with Gasteiger partial charge in [0, 0.05) is 16.7 Å². The maximum Gasteiger partial charge on any atom is 0.0931 e. The largest absolute Gasteiger partial charge is 0.327 e. The molecule has 0 aromatic carbocycles. The number of thiophene rings is 1. The predicted octanol–water partition coefficient (Wildman–Crippen LogP) is 2.63. The summed E-state index contributed by atoms with van der Waals surface area (Å²) in [5, 5.41) is 0. The summed E-state index contributed by atoms with van der Waals surface area (Å²) in [5.41, 5.74) is 5.87. The Morgan fingerprint density at radius 2 is 2.42 bits per heavy atom. The van der Waals surface area contributed by atoms with Crippen molar-refractivity contribution in [3.8, 4) is 0 Å². The lowest BCUT2D eigenvalue weighted by Gasteiger charge is -2.06. The van der Waals surface area contributed by atoms with E-state index in [0.717, 1.165) is 16.5 Å². The van der Waals surface area contributed by atoms with Crippen LogP contribution < -0.4 is 5.73 Å². The van der Waals surface area contributed by atoms with Crippen molar-refractivity contribution in [2.45, 2.75) is 12.5 Å². The van der Waals surface area contributed by atoms with Gasteiger partial charge in [0.25, 0.3) is 0 Å². The lowest BCUT2D eigenvalue weighted by molar-refractivity contribution is 0.758. The third-order valence-electron chi connectivity index (χ3n) is 1.47. The van der Waals surface area contributed by atoms with Gasteiger partial charge in [-0.15, -0.1) is 11.3 Å². The Kier molecular flexibility index (Phi) is 4.43. The van der Waals surface area contributed by atoms with Crippen molar-refractivity contribution in [3.05, 3.63) is 21.3 Å². The summed E-state index contributed by atoms with van der Waals surface area (Å²) in [5.74, 6) is 1.01. The van der Waals surface area contributed by atoms with Crippen LogP contribution in [0.25, 0.3) is 0 Å². The SMILES string of the molecule is CSCC(N)Cc1ccc(Cl)s1. The number of halogens is 1. The Labute approximate surface area is 86.3 Å². The minimum Gasteiger partial charge on any atom is -0.327 e. The molecule has 0 aliphatic carbocycles. The molecule has 0 bridgehead atoms. The molecule has 1 unspecified atom stereocenters. The highest BCUT2D eigenvalue weighted by atomic mass is 35.5. The number of hydrogen-bond acceptors (Lipinski definition) is 3. The van der Waals surface area contributed by atoms with Crippen LogP contribution in [0, 0.1) is 0 Å². The fraction of sp³-hybridized carbons (Fsp3) is 0.500. The Balaban J connectivity index is 2.41. The maximum absolute atomic E-state index is 5.87. The first kappa shape index (κ1) is 10.4. The maximum atomic E-state index is 5.87. The summed E-state index contributed by atoms with van der Waals surface area (Å²) in [7, 11) is 0. The molecule has 12 heavy (non-hydrogen) atoms. The van der Waals surface area contributed by atoms with Gasteiger partial charge < -0.3 is 5.73 Å². The van der Waals surface area contributed by atoms with Gasteiger partial charge >= 0.3 is 0 Å². The molecule has 0 radical (unpaired) electrons. The lowest BCUT2D eigenvalue weighted by Crippen LogP contribution is -2.24. The van der Waals surface area contributed by atoms with Crippen molar-refractivity contribution in [2.24, 2.45) is 5.73 Å². The Morgan fingerprint density at radius 1 is 1.67 bits per heavy atom. The van der Waals surface area contributed by atoms with E-state index in [1.807, 2.05) is 12.1 Å². The standard InChI is InChI=1S/C8H12ClNS2/c1-11-5-6(10)4-7-2-3-8(9)12-7/h2-3,6H,4-5,10H2,1H3. The molecule has 0 saturated carbocycles. The fourth-order valence-electron chi connectivity index (χ4n) is 0.993. The smallest absolute Gasteiger partial charge is 0.0931 e. The molecule has 0 saturated heterocycles. The van der Waals surface area contributed by atoms with Crippen LogP contribution in [0.15, 0.2) is 12.1 Å². The van der Waals surface area contributed by atoms with E-state index in [9.17, 15) is 0 Å². The molecule has 1 nitrogen and oxygen atoms in total. The summed E-state index contributed by atoms with van der Waals surface area (Å²) < 4.78 is 0.848. The highest BCUT2D eigenvalue weighted by Gasteiger charge is 2.04. The van der Waals surface area contributed by atoms with Gasteiger partial charge in [-0.1, -0.05) is 11.6 Å². The van der Waals surface area contributed by atoms with Crippen LogP contribution in [0.2, 0.25) is 4.34 Å². The van der Waals surface area contributed by atoms with Crippen molar-refractivity contribution in [1.82, 2.24) is 0 Å². The Bertz CT molecular complexity index is 237. The average molecular weight is 222 g/mol. The minimum absolute atomic E-state index is 0.259. The van der Waals surface area contributed by atoms with Gasteiger partial charge in [0.05, 0.1) is 4.34 Å². The second-order valence-corrected chi connectivity index (χ2v) is 5.34. The van der Waals surface area contributed by atoms with Gasteiger partial charge in [0.15, 0.2) is 0 Å². The molecule has 68 valence electrons. The monoisotopic (exact) mass is 221 g/mol.